The van der Waals surface area contributed by atoms with Crippen LogP contribution in [0.5, 0.6) is 0 Å². The summed E-state index contributed by atoms with van der Waals surface area (Å²) in [5.74, 6) is 0.872. The van der Waals surface area contributed by atoms with Gasteiger partial charge in [0.1, 0.15) is 5.82 Å². The minimum atomic E-state index is -0.0153. The first-order valence-corrected chi connectivity index (χ1v) is 5.72. The second-order valence-electron chi connectivity index (χ2n) is 4.19. The summed E-state index contributed by atoms with van der Waals surface area (Å²) in [4.78, 5) is 0. The van der Waals surface area contributed by atoms with Crippen LogP contribution in [0.25, 0.3) is 0 Å². The first-order chi connectivity index (χ1) is 8.16. The average molecular weight is 230 g/mol. The third-order valence-corrected chi connectivity index (χ3v) is 2.84. The molecule has 4 heteroatoms. The van der Waals surface area contributed by atoms with Gasteiger partial charge in [-0.2, -0.15) is 5.10 Å². The van der Waals surface area contributed by atoms with Crippen LogP contribution in [0.2, 0.25) is 0 Å². The van der Waals surface area contributed by atoms with E-state index in [0.717, 1.165) is 17.1 Å². The Balaban J connectivity index is 1.94. The van der Waals surface area contributed by atoms with E-state index in [2.05, 4.69) is 10.4 Å². The predicted octanol–water partition coefficient (Wildman–Crippen LogP) is 1.84. The second-order valence-corrected chi connectivity index (χ2v) is 4.19. The van der Waals surface area contributed by atoms with E-state index in [1.54, 1.807) is 0 Å². The molecule has 90 valence electrons. The van der Waals surface area contributed by atoms with Crippen LogP contribution in [0.3, 0.4) is 0 Å². The van der Waals surface area contributed by atoms with Crippen molar-refractivity contribution in [3.63, 3.8) is 0 Å². The highest BCUT2D eigenvalue weighted by atomic mass is 15.3. The van der Waals surface area contributed by atoms with Crippen molar-refractivity contribution in [2.45, 2.75) is 13.0 Å². The van der Waals surface area contributed by atoms with E-state index in [4.69, 9.17) is 5.73 Å². The first kappa shape index (κ1) is 11.7. The maximum absolute atomic E-state index is 6.09. The molecule has 2 rings (SSSR count). The molecule has 1 atom stereocenters. The molecule has 0 aliphatic heterocycles. The summed E-state index contributed by atoms with van der Waals surface area (Å²) in [5.41, 5.74) is 8.35. The zero-order valence-electron chi connectivity index (χ0n) is 10.2. The van der Waals surface area contributed by atoms with Crippen molar-refractivity contribution in [2.75, 3.05) is 11.9 Å². The molecule has 2 aromatic rings. The molecule has 0 radical (unpaired) electrons. The minimum absolute atomic E-state index is 0.0153. The van der Waals surface area contributed by atoms with Crippen molar-refractivity contribution in [1.82, 2.24) is 9.78 Å². The Morgan fingerprint density at radius 1 is 1.35 bits per heavy atom. The Morgan fingerprint density at radius 3 is 2.65 bits per heavy atom. The molecular weight excluding hydrogens is 212 g/mol. The number of rotatable bonds is 4. The van der Waals surface area contributed by atoms with E-state index in [1.807, 2.05) is 55.1 Å². The van der Waals surface area contributed by atoms with Gasteiger partial charge in [-0.05, 0) is 12.5 Å². The fourth-order valence-electron chi connectivity index (χ4n) is 1.68. The number of benzene rings is 1. The highest BCUT2D eigenvalue weighted by Gasteiger charge is 2.06. The number of aryl methyl sites for hydroxylation is 2. The first-order valence-electron chi connectivity index (χ1n) is 5.72. The summed E-state index contributed by atoms with van der Waals surface area (Å²) in [5, 5.41) is 7.57. The Kier molecular flexibility index (Phi) is 3.44. The molecule has 0 saturated heterocycles. The zero-order valence-corrected chi connectivity index (χ0v) is 10.2. The van der Waals surface area contributed by atoms with Gasteiger partial charge in [0, 0.05) is 31.4 Å². The Morgan fingerprint density at radius 2 is 2.06 bits per heavy atom. The van der Waals surface area contributed by atoms with E-state index in [1.165, 1.54) is 0 Å². The lowest BCUT2D eigenvalue weighted by Crippen LogP contribution is -2.20. The van der Waals surface area contributed by atoms with Gasteiger partial charge >= 0.3 is 0 Å². The van der Waals surface area contributed by atoms with Crippen molar-refractivity contribution in [1.29, 1.82) is 0 Å². The molecule has 17 heavy (non-hydrogen) atoms. The van der Waals surface area contributed by atoms with Crippen LogP contribution in [-0.2, 0) is 7.05 Å². The van der Waals surface area contributed by atoms with E-state index in [-0.39, 0.29) is 6.04 Å². The van der Waals surface area contributed by atoms with Crippen molar-refractivity contribution in [3.05, 3.63) is 47.7 Å². The number of hydrogen-bond donors (Lipinski definition) is 2. The molecule has 0 unspecified atom stereocenters. The smallest absolute Gasteiger partial charge is 0.148 e. The minimum Gasteiger partial charge on any atom is -0.367 e. The number of aromatic nitrogens is 2. The monoisotopic (exact) mass is 230 g/mol. The summed E-state index contributed by atoms with van der Waals surface area (Å²) >= 11 is 0. The number of hydrogen-bond acceptors (Lipinski definition) is 3. The molecule has 0 fully saturated rings. The van der Waals surface area contributed by atoms with Gasteiger partial charge in [-0.3, -0.25) is 4.68 Å². The molecule has 0 aliphatic carbocycles. The van der Waals surface area contributed by atoms with Crippen LogP contribution in [0.4, 0.5) is 5.82 Å². The fraction of sp³-hybridized carbons (Fsp3) is 0.308. The predicted molar refractivity (Wildman–Crippen MR) is 69.8 cm³/mol. The lowest BCUT2D eigenvalue weighted by Gasteiger charge is -2.12. The van der Waals surface area contributed by atoms with Crippen molar-refractivity contribution in [2.24, 2.45) is 12.8 Å². The van der Waals surface area contributed by atoms with Crippen LogP contribution >= 0.6 is 0 Å². The molecular formula is C13H18N4. The van der Waals surface area contributed by atoms with Crippen molar-refractivity contribution >= 4 is 5.82 Å². The Bertz CT molecular complexity index is 456. The third kappa shape index (κ3) is 2.85. The summed E-state index contributed by atoms with van der Waals surface area (Å²) in [6, 6.07) is 12.1. The Hall–Kier alpha value is -1.81. The van der Waals surface area contributed by atoms with Gasteiger partial charge in [0.15, 0.2) is 0 Å². The van der Waals surface area contributed by atoms with Crippen LogP contribution < -0.4 is 11.1 Å². The number of anilines is 1. The third-order valence-electron chi connectivity index (χ3n) is 2.84. The maximum Gasteiger partial charge on any atom is 0.148 e. The highest BCUT2D eigenvalue weighted by Crippen LogP contribution is 2.12. The van der Waals surface area contributed by atoms with Gasteiger partial charge in [-0.1, -0.05) is 30.3 Å². The van der Waals surface area contributed by atoms with Crippen LogP contribution in [0, 0.1) is 6.92 Å². The molecule has 0 bridgehead atoms. The number of nitrogens with zero attached hydrogens (tertiary/aromatic N) is 2. The summed E-state index contributed by atoms with van der Waals surface area (Å²) in [7, 11) is 1.93. The number of nitrogens with one attached hydrogen (secondary N) is 1. The molecule has 0 aliphatic rings. The SMILES string of the molecule is Cc1cc(NC[C@H](N)c2ccccc2)nn1C. The Labute approximate surface area is 101 Å². The summed E-state index contributed by atoms with van der Waals surface area (Å²) in [6.45, 7) is 2.70. The summed E-state index contributed by atoms with van der Waals surface area (Å²) < 4.78 is 1.84. The molecule has 3 N–H and O–H groups in total. The van der Waals surface area contributed by atoms with E-state index >= 15 is 0 Å². The van der Waals surface area contributed by atoms with Gasteiger partial charge < -0.3 is 11.1 Å². The normalized spacial score (nSPS) is 12.4. The van der Waals surface area contributed by atoms with Gasteiger partial charge in [-0.25, -0.2) is 0 Å². The molecule has 0 amide bonds. The quantitative estimate of drug-likeness (QED) is 0.842. The molecule has 1 aromatic carbocycles. The lowest BCUT2D eigenvalue weighted by molar-refractivity contribution is 0.729. The van der Waals surface area contributed by atoms with Crippen LogP contribution in [0.15, 0.2) is 36.4 Å². The van der Waals surface area contributed by atoms with E-state index in [0.29, 0.717) is 6.54 Å². The largest absolute Gasteiger partial charge is 0.367 e. The standard InChI is InChI=1S/C13H18N4/c1-10-8-13(16-17(10)2)15-9-12(14)11-6-4-3-5-7-11/h3-8,12H,9,14H2,1-2H3,(H,15,16)/t12-/m0/s1. The van der Waals surface area contributed by atoms with Gasteiger partial charge in [0.05, 0.1) is 0 Å². The molecule has 0 spiro atoms. The van der Waals surface area contributed by atoms with Crippen molar-refractivity contribution < 1.29 is 0 Å². The van der Waals surface area contributed by atoms with Crippen LogP contribution in [0.1, 0.15) is 17.3 Å². The molecule has 1 aromatic heterocycles. The zero-order chi connectivity index (χ0) is 12.3. The maximum atomic E-state index is 6.09. The molecule has 1 heterocycles. The molecule has 4 nitrogen and oxygen atoms in total. The van der Waals surface area contributed by atoms with Gasteiger partial charge in [0.25, 0.3) is 0 Å². The van der Waals surface area contributed by atoms with Gasteiger partial charge in [-0.15, -0.1) is 0 Å². The fourth-order valence-corrected chi connectivity index (χ4v) is 1.68. The van der Waals surface area contributed by atoms with E-state index in [9.17, 15) is 0 Å². The van der Waals surface area contributed by atoms with Gasteiger partial charge in [0.2, 0.25) is 0 Å². The summed E-state index contributed by atoms with van der Waals surface area (Å²) in [6.07, 6.45) is 0. The van der Waals surface area contributed by atoms with Crippen molar-refractivity contribution in [3.8, 4) is 0 Å². The topological polar surface area (TPSA) is 55.9 Å². The average Bonchev–Trinajstić information content (AvgIpc) is 2.67. The lowest BCUT2D eigenvalue weighted by atomic mass is 10.1. The number of nitrogens with two attached hydrogens (primary N) is 1. The molecule has 0 saturated carbocycles. The van der Waals surface area contributed by atoms with Crippen LogP contribution in [-0.4, -0.2) is 16.3 Å². The highest BCUT2D eigenvalue weighted by molar-refractivity contribution is 5.36. The second kappa shape index (κ2) is 5.01. The van der Waals surface area contributed by atoms with E-state index < -0.39 is 0 Å².